The number of aromatic nitrogens is 3. The van der Waals surface area contributed by atoms with Crippen molar-refractivity contribution in [2.45, 2.75) is 44.4 Å². The van der Waals surface area contributed by atoms with Gasteiger partial charge in [-0.25, -0.2) is 0 Å². The van der Waals surface area contributed by atoms with E-state index in [4.69, 9.17) is 4.74 Å². The van der Waals surface area contributed by atoms with Crippen LogP contribution in [0.4, 0.5) is 0 Å². The van der Waals surface area contributed by atoms with E-state index < -0.39 is 0 Å². The summed E-state index contributed by atoms with van der Waals surface area (Å²) < 4.78 is 9.81. The van der Waals surface area contributed by atoms with Gasteiger partial charge < -0.3 is 14.6 Å². The van der Waals surface area contributed by atoms with E-state index >= 15 is 0 Å². The topological polar surface area (TPSA) is 61.1 Å². The molecule has 2 atom stereocenters. The zero-order valence-electron chi connectivity index (χ0n) is 13.5. The van der Waals surface area contributed by atoms with Crippen molar-refractivity contribution in [2.75, 3.05) is 6.61 Å². The number of carbonyl (C=O) groups is 1. The largest absolute Gasteiger partial charge is 0.371 e. The van der Waals surface area contributed by atoms with Gasteiger partial charge in [0.05, 0.1) is 12.2 Å². The Labute approximate surface area is 135 Å². The Balaban J connectivity index is 1.52. The average molecular weight is 314 g/mol. The summed E-state index contributed by atoms with van der Waals surface area (Å²) in [6.07, 6.45) is 6.89. The van der Waals surface area contributed by atoms with Gasteiger partial charge in [-0.05, 0) is 38.3 Å². The van der Waals surface area contributed by atoms with Crippen molar-refractivity contribution in [3.05, 3.63) is 41.5 Å². The second-order valence-corrected chi connectivity index (χ2v) is 6.50. The van der Waals surface area contributed by atoms with E-state index in [9.17, 15) is 4.79 Å². The summed E-state index contributed by atoms with van der Waals surface area (Å²) in [5.41, 5.74) is 2.89. The number of nitrogens with one attached hydrogen (secondary N) is 1. The van der Waals surface area contributed by atoms with Gasteiger partial charge in [-0.15, -0.1) is 0 Å². The van der Waals surface area contributed by atoms with Gasteiger partial charge in [-0.2, -0.15) is 5.10 Å². The van der Waals surface area contributed by atoms with Gasteiger partial charge in [0.2, 0.25) is 0 Å². The van der Waals surface area contributed by atoms with E-state index in [0.717, 1.165) is 23.4 Å². The lowest BCUT2D eigenvalue weighted by Gasteiger charge is -2.20. The number of hydrogen-bond acceptors (Lipinski definition) is 3. The fraction of sp³-hybridized carbons (Fsp3) is 0.529. The molecule has 4 rings (SSSR count). The van der Waals surface area contributed by atoms with Crippen molar-refractivity contribution in [3.63, 3.8) is 0 Å². The minimum atomic E-state index is -0.114. The standard InChI is InChI=1S/C17H22N4O2/c1-11-13(10-18-20(11)2)16-14(7-9-23-16)19-17(22)15-4-3-8-21(15)12-5-6-12/h3-4,8,10,12,14,16H,5-7,9H2,1-2H3,(H,19,22)/t14-,16+/m0/s1. The molecule has 3 heterocycles. The lowest BCUT2D eigenvalue weighted by Crippen LogP contribution is -2.37. The molecule has 0 spiro atoms. The molecule has 1 N–H and O–H groups in total. The molecule has 6 nitrogen and oxygen atoms in total. The predicted molar refractivity (Wildman–Crippen MR) is 85.2 cm³/mol. The van der Waals surface area contributed by atoms with Gasteiger partial charge >= 0.3 is 0 Å². The molecule has 2 aliphatic rings. The fourth-order valence-electron chi connectivity index (χ4n) is 3.34. The SMILES string of the molecule is Cc1c([C@H]2OCC[C@@H]2NC(=O)c2cccn2C2CC2)cnn1C. The third-order valence-electron chi connectivity index (χ3n) is 4.94. The summed E-state index contributed by atoms with van der Waals surface area (Å²) in [5, 5.41) is 7.46. The third-order valence-corrected chi connectivity index (χ3v) is 4.94. The van der Waals surface area contributed by atoms with Crippen LogP contribution in [0.25, 0.3) is 0 Å². The number of ether oxygens (including phenoxy) is 1. The molecule has 0 bridgehead atoms. The molecule has 1 saturated heterocycles. The Bertz CT molecular complexity index is 729. The van der Waals surface area contributed by atoms with Gasteiger partial charge in [0.1, 0.15) is 11.8 Å². The van der Waals surface area contributed by atoms with Crippen molar-refractivity contribution in [2.24, 2.45) is 7.05 Å². The maximum absolute atomic E-state index is 12.7. The van der Waals surface area contributed by atoms with Crippen LogP contribution in [-0.2, 0) is 11.8 Å². The number of nitrogens with zero attached hydrogens (tertiary/aromatic N) is 3. The summed E-state index contributed by atoms with van der Waals surface area (Å²) in [4.78, 5) is 12.7. The van der Waals surface area contributed by atoms with Gasteiger partial charge in [0.15, 0.2) is 0 Å². The third kappa shape index (κ3) is 2.57. The molecular formula is C17H22N4O2. The van der Waals surface area contributed by atoms with Crippen LogP contribution in [0.15, 0.2) is 24.5 Å². The van der Waals surface area contributed by atoms with Crippen molar-refractivity contribution < 1.29 is 9.53 Å². The van der Waals surface area contributed by atoms with Crippen molar-refractivity contribution in [1.82, 2.24) is 19.7 Å². The van der Waals surface area contributed by atoms with Gasteiger partial charge in [-0.3, -0.25) is 9.48 Å². The second kappa shape index (κ2) is 5.53. The number of aryl methyl sites for hydroxylation is 1. The van der Waals surface area contributed by atoms with Gasteiger partial charge in [0.25, 0.3) is 5.91 Å². The smallest absolute Gasteiger partial charge is 0.268 e. The number of hydrogen-bond donors (Lipinski definition) is 1. The van der Waals surface area contributed by atoms with Crippen molar-refractivity contribution in [1.29, 1.82) is 0 Å². The van der Waals surface area contributed by atoms with E-state index in [0.29, 0.717) is 12.6 Å². The number of rotatable bonds is 4. The first-order chi connectivity index (χ1) is 11.1. The lowest BCUT2D eigenvalue weighted by molar-refractivity contribution is 0.0812. The maximum Gasteiger partial charge on any atom is 0.268 e. The highest BCUT2D eigenvalue weighted by atomic mass is 16.5. The number of amides is 1. The molecule has 23 heavy (non-hydrogen) atoms. The number of carbonyl (C=O) groups excluding carboxylic acids is 1. The summed E-state index contributed by atoms with van der Waals surface area (Å²) >= 11 is 0. The van der Waals surface area contributed by atoms with Crippen LogP contribution in [0.2, 0.25) is 0 Å². The van der Waals surface area contributed by atoms with Crippen LogP contribution in [-0.4, -0.2) is 32.9 Å². The molecule has 2 aromatic heterocycles. The Morgan fingerprint density at radius 2 is 2.22 bits per heavy atom. The first-order valence-corrected chi connectivity index (χ1v) is 8.23. The second-order valence-electron chi connectivity index (χ2n) is 6.50. The Kier molecular flexibility index (Phi) is 3.49. The van der Waals surface area contributed by atoms with Gasteiger partial charge in [-0.1, -0.05) is 0 Å². The molecule has 1 aliphatic heterocycles. The summed E-state index contributed by atoms with van der Waals surface area (Å²) in [6.45, 7) is 2.69. The zero-order chi connectivity index (χ0) is 16.0. The Hall–Kier alpha value is -2.08. The molecule has 0 radical (unpaired) electrons. The molecular weight excluding hydrogens is 292 g/mol. The Morgan fingerprint density at radius 1 is 1.39 bits per heavy atom. The first-order valence-electron chi connectivity index (χ1n) is 8.23. The van der Waals surface area contributed by atoms with E-state index in [1.807, 2.05) is 43.2 Å². The summed E-state index contributed by atoms with van der Waals surface area (Å²) in [7, 11) is 1.92. The minimum Gasteiger partial charge on any atom is -0.371 e. The van der Waals surface area contributed by atoms with Crippen molar-refractivity contribution in [3.8, 4) is 0 Å². The monoisotopic (exact) mass is 314 g/mol. The van der Waals surface area contributed by atoms with Crippen LogP contribution in [0.1, 0.15) is 53.2 Å². The van der Waals surface area contributed by atoms with Crippen LogP contribution in [0.3, 0.4) is 0 Å². The van der Waals surface area contributed by atoms with Crippen LogP contribution in [0, 0.1) is 6.92 Å². The summed E-state index contributed by atoms with van der Waals surface area (Å²) in [5.74, 6) is -0.0102. The molecule has 0 aromatic carbocycles. The first kappa shape index (κ1) is 14.5. The molecule has 1 aliphatic carbocycles. The minimum absolute atomic E-state index is 0.00652. The highest BCUT2D eigenvalue weighted by Crippen LogP contribution is 2.36. The molecule has 6 heteroatoms. The van der Waals surface area contributed by atoms with Gasteiger partial charge in [0, 0.05) is 37.2 Å². The highest BCUT2D eigenvalue weighted by Gasteiger charge is 2.34. The molecule has 1 saturated carbocycles. The fourth-order valence-corrected chi connectivity index (χ4v) is 3.34. The molecule has 1 amide bonds. The Morgan fingerprint density at radius 3 is 2.91 bits per heavy atom. The lowest BCUT2D eigenvalue weighted by atomic mass is 10.0. The van der Waals surface area contributed by atoms with E-state index in [1.165, 1.54) is 12.8 Å². The highest BCUT2D eigenvalue weighted by molar-refractivity contribution is 5.93. The quantitative estimate of drug-likeness (QED) is 0.940. The molecule has 2 aromatic rings. The van der Waals surface area contributed by atoms with Crippen LogP contribution >= 0.6 is 0 Å². The normalized spacial score (nSPS) is 24.1. The van der Waals surface area contributed by atoms with E-state index in [1.54, 1.807) is 0 Å². The summed E-state index contributed by atoms with van der Waals surface area (Å²) in [6, 6.07) is 4.34. The molecule has 0 unspecified atom stereocenters. The zero-order valence-corrected chi connectivity index (χ0v) is 13.5. The van der Waals surface area contributed by atoms with Crippen molar-refractivity contribution >= 4 is 5.91 Å². The predicted octanol–water partition coefficient (Wildman–Crippen LogP) is 2.12. The van der Waals surface area contributed by atoms with Crippen LogP contribution < -0.4 is 5.32 Å². The van der Waals surface area contributed by atoms with Crippen LogP contribution in [0.5, 0.6) is 0 Å². The van der Waals surface area contributed by atoms with E-state index in [2.05, 4.69) is 15.0 Å². The molecule has 122 valence electrons. The maximum atomic E-state index is 12.7. The average Bonchev–Trinajstić information content (AvgIpc) is 2.94. The molecule has 2 fully saturated rings. The van der Waals surface area contributed by atoms with E-state index in [-0.39, 0.29) is 18.1 Å².